The number of benzene rings is 1. The molecule has 0 unspecified atom stereocenters. The zero-order chi connectivity index (χ0) is 12.1. The van der Waals surface area contributed by atoms with Gasteiger partial charge in [-0.2, -0.15) is 5.10 Å². The van der Waals surface area contributed by atoms with Crippen molar-refractivity contribution in [2.45, 2.75) is 13.5 Å². The summed E-state index contributed by atoms with van der Waals surface area (Å²) in [5, 5.41) is 7.17. The molecule has 4 nitrogen and oxygen atoms in total. The van der Waals surface area contributed by atoms with Gasteiger partial charge in [0.1, 0.15) is 5.69 Å². The number of rotatable bonds is 5. The molecule has 1 N–H and O–H groups in total. The highest BCUT2D eigenvalue weighted by Crippen LogP contribution is 2.06. The van der Waals surface area contributed by atoms with Crippen molar-refractivity contribution in [1.29, 1.82) is 0 Å². The van der Waals surface area contributed by atoms with Gasteiger partial charge in [-0.05, 0) is 25.1 Å². The zero-order valence-corrected chi connectivity index (χ0v) is 9.76. The van der Waals surface area contributed by atoms with E-state index in [0.29, 0.717) is 12.2 Å². The van der Waals surface area contributed by atoms with E-state index in [0.717, 1.165) is 5.69 Å². The fraction of sp³-hybridized carbons (Fsp3) is 0.231. The fourth-order valence-corrected chi connectivity index (χ4v) is 1.65. The molecule has 0 aliphatic carbocycles. The van der Waals surface area contributed by atoms with Gasteiger partial charge >= 0.3 is 0 Å². The lowest BCUT2D eigenvalue weighted by molar-refractivity contribution is 0.0996. The molecule has 1 aromatic heterocycles. The molecule has 4 heteroatoms. The Kier molecular flexibility index (Phi) is 3.55. The smallest absolute Gasteiger partial charge is 0.199 e. The van der Waals surface area contributed by atoms with Gasteiger partial charge in [-0.15, -0.1) is 0 Å². The number of hydrogen-bond acceptors (Lipinski definition) is 3. The van der Waals surface area contributed by atoms with Crippen LogP contribution in [0.5, 0.6) is 0 Å². The highest BCUT2D eigenvalue weighted by Gasteiger charge is 2.10. The van der Waals surface area contributed by atoms with Crippen LogP contribution in [0.3, 0.4) is 0 Å². The van der Waals surface area contributed by atoms with Crippen LogP contribution in [-0.4, -0.2) is 22.1 Å². The average Bonchev–Trinajstić information content (AvgIpc) is 2.85. The number of nitrogens with one attached hydrogen (secondary N) is 1. The normalized spacial score (nSPS) is 10.2. The Morgan fingerprint density at radius 1 is 1.29 bits per heavy atom. The molecule has 0 spiro atoms. The summed E-state index contributed by atoms with van der Waals surface area (Å²) < 4.78 is 1.70. The van der Waals surface area contributed by atoms with Gasteiger partial charge in [-0.25, -0.2) is 0 Å². The molecule has 0 amide bonds. The second-order valence-electron chi connectivity index (χ2n) is 3.67. The standard InChI is InChI=1S/C13H15N3O/c1-2-16-12(8-9-15-16)13(17)10-14-11-6-4-3-5-7-11/h3-9,14H,2,10H2,1H3. The minimum Gasteiger partial charge on any atom is -0.378 e. The van der Waals surface area contributed by atoms with E-state index in [-0.39, 0.29) is 12.3 Å². The SMILES string of the molecule is CCn1nccc1C(=O)CNc1ccccc1. The molecule has 2 aromatic rings. The van der Waals surface area contributed by atoms with Crippen LogP contribution < -0.4 is 5.32 Å². The van der Waals surface area contributed by atoms with Crippen LogP contribution in [0.15, 0.2) is 42.6 Å². The monoisotopic (exact) mass is 229 g/mol. The summed E-state index contributed by atoms with van der Waals surface area (Å²) in [5.41, 5.74) is 1.60. The van der Waals surface area contributed by atoms with E-state index < -0.39 is 0 Å². The number of carbonyl (C=O) groups is 1. The molecule has 0 aliphatic heterocycles. The van der Waals surface area contributed by atoms with E-state index in [4.69, 9.17) is 0 Å². The molecule has 1 heterocycles. The number of aryl methyl sites for hydroxylation is 1. The first-order chi connectivity index (χ1) is 8.31. The number of anilines is 1. The molecular weight excluding hydrogens is 214 g/mol. The number of carbonyl (C=O) groups excluding carboxylic acids is 1. The van der Waals surface area contributed by atoms with E-state index in [1.807, 2.05) is 37.3 Å². The maximum atomic E-state index is 11.9. The van der Waals surface area contributed by atoms with Gasteiger partial charge in [0.25, 0.3) is 0 Å². The molecule has 0 radical (unpaired) electrons. The van der Waals surface area contributed by atoms with Crippen molar-refractivity contribution in [2.75, 3.05) is 11.9 Å². The third-order valence-corrected chi connectivity index (χ3v) is 2.53. The van der Waals surface area contributed by atoms with Gasteiger partial charge < -0.3 is 5.32 Å². The fourth-order valence-electron chi connectivity index (χ4n) is 1.65. The largest absolute Gasteiger partial charge is 0.378 e. The summed E-state index contributed by atoms with van der Waals surface area (Å²) >= 11 is 0. The van der Waals surface area contributed by atoms with Crippen molar-refractivity contribution >= 4 is 11.5 Å². The number of Topliss-reactive ketones (excluding diaryl/α,β-unsaturated/α-hetero) is 1. The van der Waals surface area contributed by atoms with Crippen molar-refractivity contribution in [3.63, 3.8) is 0 Å². The predicted molar refractivity (Wildman–Crippen MR) is 67.2 cm³/mol. The Labute approximate surface area is 100 Å². The van der Waals surface area contributed by atoms with Crippen LogP contribution in [0.4, 0.5) is 5.69 Å². The van der Waals surface area contributed by atoms with Crippen LogP contribution in [0.2, 0.25) is 0 Å². The minimum absolute atomic E-state index is 0.0493. The Morgan fingerprint density at radius 2 is 2.06 bits per heavy atom. The van der Waals surface area contributed by atoms with Crippen molar-refractivity contribution in [3.05, 3.63) is 48.3 Å². The topological polar surface area (TPSA) is 46.9 Å². The minimum atomic E-state index is 0.0493. The van der Waals surface area contributed by atoms with Gasteiger partial charge in [0.15, 0.2) is 5.78 Å². The van der Waals surface area contributed by atoms with Crippen molar-refractivity contribution < 1.29 is 4.79 Å². The lowest BCUT2D eigenvalue weighted by atomic mass is 10.2. The quantitative estimate of drug-likeness (QED) is 0.799. The molecule has 1 aromatic carbocycles. The highest BCUT2D eigenvalue weighted by atomic mass is 16.1. The number of aromatic nitrogens is 2. The maximum Gasteiger partial charge on any atom is 0.199 e. The van der Waals surface area contributed by atoms with E-state index in [1.165, 1.54) is 0 Å². The summed E-state index contributed by atoms with van der Waals surface area (Å²) in [4.78, 5) is 11.9. The number of para-hydroxylation sites is 1. The Morgan fingerprint density at radius 3 is 2.76 bits per heavy atom. The number of hydrogen-bond donors (Lipinski definition) is 1. The Hall–Kier alpha value is -2.10. The van der Waals surface area contributed by atoms with Crippen LogP contribution in [0.25, 0.3) is 0 Å². The lowest BCUT2D eigenvalue weighted by Crippen LogP contribution is -2.18. The summed E-state index contributed by atoms with van der Waals surface area (Å²) in [5.74, 6) is 0.0493. The van der Waals surface area contributed by atoms with E-state index in [9.17, 15) is 4.79 Å². The third kappa shape index (κ3) is 2.72. The van der Waals surface area contributed by atoms with Crippen LogP contribution in [0, 0.1) is 0 Å². The number of nitrogens with zero attached hydrogens (tertiary/aromatic N) is 2. The number of ketones is 1. The summed E-state index contributed by atoms with van der Waals surface area (Å²) in [6, 6.07) is 11.4. The first kappa shape index (κ1) is 11.4. The maximum absolute atomic E-state index is 11.9. The predicted octanol–water partition coefficient (Wildman–Crippen LogP) is 2.20. The Bertz CT molecular complexity index is 490. The summed E-state index contributed by atoms with van der Waals surface area (Å²) in [7, 11) is 0. The first-order valence-electron chi connectivity index (χ1n) is 5.65. The molecule has 88 valence electrons. The van der Waals surface area contributed by atoms with Gasteiger partial charge in [0.2, 0.25) is 0 Å². The third-order valence-electron chi connectivity index (χ3n) is 2.53. The lowest BCUT2D eigenvalue weighted by Gasteiger charge is -2.06. The van der Waals surface area contributed by atoms with Crippen molar-refractivity contribution in [1.82, 2.24) is 9.78 Å². The molecule has 2 rings (SSSR count). The summed E-state index contributed by atoms with van der Waals surface area (Å²) in [6.07, 6.45) is 1.65. The van der Waals surface area contributed by atoms with Crippen molar-refractivity contribution in [2.24, 2.45) is 0 Å². The average molecular weight is 229 g/mol. The molecule has 0 atom stereocenters. The molecule has 17 heavy (non-hydrogen) atoms. The molecular formula is C13H15N3O. The van der Waals surface area contributed by atoms with Gasteiger partial charge in [-0.1, -0.05) is 18.2 Å². The molecule has 0 aliphatic rings. The zero-order valence-electron chi connectivity index (χ0n) is 9.76. The van der Waals surface area contributed by atoms with E-state index >= 15 is 0 Å². The van der Waals surface area contributed by atoms with E-state index in [2.05, 4.69) is 10.4 Å². The second-order valence-corrected chi connectivity index (χ2v) is 3.67. The van der Waals surface area contributed by atoms with Gasteiger partial charge in [0, 0.05) is 18.4 Å². The van der Waals surface area contributed by atoms with Gasteiger partial charge in [-0.3, -0.25) is 9.48 Å². The molecule has 0 fully saturated rings. The first-order valence-corrected chi connectivity index (χ1v) is 5.65. The van der Waals surface area contributed by atoms with Crippen LogP contribution >= 0.6 is 0 Å². The van der Waals surface area contributed by atoms with E-state index in [1.54, 1.807) is 16.9 Å². The van der Waals surface area contributed by atoms with Crippen LogP contribution in [0.1, 0.15) is 17.4 Å². The molecule has 0 saturated carbocycles. The Balaban J connectivity index is 1.98. The van der Waals surface area contributed by atoms with Crippen molar-refractivity contribution in [3.8, 4) is 0 Å². The summed E-state index contributed by atoms with van der Waals surface area (Å²) in [6.45, 7) is 2.96. The van der Waals surface area contributed by atoms with Crippen LogP contribution in [-0.2, 0) is 6.54 Å². The second kappa shape index (κ2) is 5.30. The highest BCUT2D eigenvalue weighted by molar-refractivity contribution is 5.97. The van der Waals surface area contributed by atoms with Gasteiger partial charge in [0.05, 0.1) is 6.54 Å². The molecule has 0 bridgehead atoms. The molecule has 0 saturated heterocycles.